The fourth-order valence-corrected chi connectivity index (χ4v) is 0.550. The van der Waals surface area contributed by atoms with Crippen LogP contribution in [0.3, 0.4) is 0 Å². The summed E-state index contributed by atoms with van der Waals surface area (Å²) in [5.74, 6) is 3.22. The van der Waals surface area contributed by atoms with E-state index in [2.05, 4.69) is 12.5 Å². The molecule has 0 amide bonds. The van der Waals surface area contributed by atoms with Crippen molar-refractivity contribution in [2.45, 2.75) is 12.8 Å². The van der Waals surface area contributed by atoms with Crippen molar-refractivity contribution < 1.29 is 0 Å². The summed E-state index contributed by atoms with van der Waals surface area (Å²) in [6, 6.07) is 0. The van der Waals surface area contributed by atoms with Crippen LogP contribution in [0.15, 0.2) is 12.2 Å². The third-order valence-electron chi connectivity index (χ3n) is 1.26. The molecule has 1 aliphatic rings. The highest BCUT2D eigenvalue weighted by molar-refractivity contribution is 5.27. The Hall–Kier alpha value is -0.700. The number of hydrogen-bond acceptors (Lipinski definition) is 0. The summed E-state index contributed by atoms with van der Waals surface area (Å²) in [5.41, 5.74) is 0.986. The van der Waals surface area contributed by atoms with Crippen LogP contribution in [0, 0.1) is 18.3 Å². The number of allylic oxidation sites excluding steroid dienone is 1. The van der Waals surface area contributed by atoms with Gasteiger partial charge >= 0.3 is 0 Å². The zero-order valence-corrected chi connectivity index (χ0v) is 4.28. The maximum Gasteiger partial charge on any atom is -0.00232 e. The van der Waals surface area contributed by atoms with Gasteiger partial charge in [0, 0.05) is 0 Å². The third-order valence-corrected chi connectivity index (χ3v) is 1.26. The van der Waals surface area contributed by atoms with Gasteiger partial charge in [-0.05, 0) is 24.3 Å². The van der Waals surface area contributed by atoms with Gasteiger partial charge in [0.05, 0.1) is 0 Å². The molecule has 0 nitrogen and oxygen atoms in total. The van der Waals surface area contributed by atoms with E-state index in [9.17, 15) is 0 Å². The molecule has 1 saturated carbocycles. The fourth-order valence-electron chi connectivity index (χ4n) is 0.550. The molecule has 1 rings (SSSR count). The van der Waals surface area contributed by atoms with Gasteiger partial charge in [-0.2, -0.15) is 0 Å². The molecular formula is C7H8. The first-order valence-corrected chi connectivity index (χ1v) is 2.50. The van der Waals surface area contributed by atoms with Crippen LogP contribution < -0.4 is 0 Å². The second-order valence-electron chi connectivity index (χ2n) is 1.94. The van der Waals surface area contributed by atoms with Crippen LogP contribution >= 0.6 is 0 Å². The van der Waals surface area contributed by atoms with Crippen LogP contribution in [0.1, 0.15) is 12.8 Å². The minimum Gasteiger partial charge on any atom is -0.115 e. The van der Waals surface area contributed by atoms with Crippen molar-refractivity contribution in [3.8, 4) is 12.3 Å². The number of rotatable bonds is 1. The van der Waals surface area contributed by atoms with E-state index in [0.717, 1.165) is 5.57 Å². The molecule has 7 heavy (non-hydrogen) atoms. The van der Waals surface area contributed by atoms with Crippen molar-refractivity contribution in [3.05, 3.63) is 12.2 Å². The zero-order valence-electron chi connectivity index (χ0n) is 4.28. The Morgan fingerprint density at radius 3 is 2.43 bits per heavy atom. The largest absolute Gasteiger partial charge is 0.115 e. The predicted molar refractivity (Wildman–Crippen MR) is 30.7 cm³/mol. The van der Waals surface area contributed by atoms with Crippen molar-refractivity contribution >= 4 is 0 Å². The Morgan fingerprint density at radius 1 is 1.71 bits per heavy atom. The minimum absolute atomic E-state index is 0.685. The molecule has 0 saturated heterocycles. The molecule has 0 atom stereocenters. The lowest BCUT2D eigenvalue weighted by molar-refractivity contribution is 1.07. The van der Waals surface area contributed by atoms with Crippen LogP contribution in [-0.2, 0) is 0 Å². The van der Waals surface area contributed by atoms with Crippen molar-refractivity contribution in [1.29, 1.82) is 0 Å². The van der Waals surface area contributed by atoms with Crippen molar-refractivity contribution in [2.24, 2.45) is 5.92 Å². The van der Waals surface area contributed by atoms with E-state index in [-0.39, 0.29) is 0 Å². The zero-order chi connectivity index (χ0) is 5.28. The SMILES string of the molecule is C#CC(=C)C1CC1. The molecule has 0 N–H and O–H groups in total. The summed E-state index contributed by atoms with van der Waals surface area (Å²) in [6.45, 7) is 3.70. The van der Waals surface area contributed by atoms with Gasteiger partial charge in [-0.3, -0.25) is 0 Å². The van der Waals surface area contributed by atoms with E-state index in [1.165, 1.54) is 12.8 Å². The Balaban J connectivity index is 2.42. The molecule has 0 bridgehead atoms. The molecule has 0 radical (unpaired) electrons. The molecule has 36 valence electrons. The van der Waals surface area contributed by atoms with E-state index in [1.54, 1.807) is 0 Å². The first-order chi connectivity index (χ1) is 3.34. The number of hydrogen-bond donors (Lipinski definition) is 0. The van der Waals surface area contributed by atoms with E-state index >= 15 is 0 Å². The molecule has 0 aliphatic heterocycles. The van der Waals surface area contributed by atoms with Gasteiger partial charge in [0.1, 0.15) is 0 Å². The highest BCUT2D eigenvalue weighted by Gasteiger charge is 2.22. The standard InChI is InChI=1S/C7H8/c1-3-6(2)7-4-5-7/h1,7H,2,4-5H2. The van der Waals surface area contributed by atoms with Gasteiger partial charge in [-0.15, -0.1) is 6.42 Å². The lowest BCUT2D eigenvalue weighted by Gasteiger charge is -1.83. The van der Waals surface area contributed by atoms with Crippen molar-refractivity contribution in [3.63, 3.8) is 0 Å². The fraction of sp³-hybridized carbons (Fsp3) is 0.429. The van der Waals surface area contributed by atoms with Gasteiger partial charge in [-0.1, -0.05) is 12.5 Å². The van der Waals surface area contributed by atoms with Gasteiger partial charge < -0.3 is 0 Å². The number of terminal acetylenes is 1. The molecular weight excluding hydrogens is 84.1 g/mol. The Labute approximate surface area is 44.2 Å². The smallest absolute Gasteiger partial charge is 0.00232 e. The average Bonchev–Trinajstić information content (AvgIpc) is 2.44. The van der Waals surface area contributed by atoms with E-state index in [4.69, 9.17) is 6.42 Å². The molecule has 0 heteroatoms. The van der Waals surface area contributed by atoms with Gasteiger partial charge in [-0.25, -0.2) is 0 Å². The highest BCUT2D eigenvalue weighted by atomic mass is 14.3. The van der Waals surface area contributed by atoms with Crippen LogP contribution in [0.4, 0.5) is 0 Å². The maximum atomic E-state index is 5.06. The molecule has 1 fully saturated rings. The predicted octanol–water partition coefficient (Wildman–Crippen LogP) is 1.59. The summed E-state index contributed by atoms with van der Waals surface area (Å²) in [5, 5.41) is 0. The summed E-state index contributed by atoms with van der Waals surface area (Å²) >= 11 is 0. The monoisotopic (exact) mass is 92.1 g/mol. The van der Waals surface area contributed by atoms with Gasteiger partial charge in [0.2, 0.25) is 0 Å². The Bertz CT molecular complexity index is 121. The first kappa shape index (κ1) is 4.46. The van der Waals surface area contributed by atoms with Crippen molar-refractivity contribution in [1.82, 2.24) is 0 Å². The van der Waals surface area contributed by atoms with Crippen molar-refractivity contribution in [2.75, 3.05) is 0 Å². The van der Waals surface area contributed by atoms with E-state index < -0.39 is 0 Å². The third kappa shape index (κ3) is 0.838. The molecule has 1 aliphatic carbocycles. The van der Waals surface area contributed by atoms with Crippen LogP contribution in [0.25, 0.3) is 0 Å². The summed E-state index contributed by atoms with van der Waals surface area (Å²) < 4.78 is 0. The van der Waals surface area contributed by atoms with Crippen LogP contribution in [0.5, 0.6) is 0 Å². The van der Waals surface area contributed by atoms with E-state index in [1.807, 2.05) is 0 Å². The average molecular weight is 92.1 g/mol. The van der Waals surface area contributed by atoms with Crippen LogP contribution in [-0.4, -0.2) is 0 Å². The maximum absolute atomic E-state index is 5.06. The topological polar surface area (TPSA) is 0 Å². The molecule has 0 aromatic heterocycles. The molecule has 0 aromatic carbocycles. The summed E-state index contributed by atoms with van der Waals surface area (Å²) in [4.78, 5) is 0. The normalized spacial score (nSPS) is 18.1. The summed E-state index contributed by atoms with van der Waals surface area (Å²) in [7, 11) is 0. The summed E-state index contributed by atoms with van der Waals surface area (Å²) in [6.07, 6.45) is 7.60. The highest BCUT2D eigenvalue weighted by Crippen LogP contribution is 2.34. The van der Waals surface area contributed by atoms with Crippen LogP contribution in [0.2, 0.25) is 0 Å². The van der Waals surface area contributed by atoms with Gasteiger partial charge in [0.25, 0.3) is 0 Å². The van der Waals surface area contributed by atoms with Gasteiger partial charge in [0.15, 0.2) is 0 Å². The first-order valence-electron chi connectivity index (χ1n) is 2.50. The lowest BCUT2D eigenvalue weighted by Crippen LogP contribution is -1.73. The Kier molecular flexibility index (Phi) is 0.906. The van der Waals surface area contributed by atoms with E-state index in [0.29, 0.717) is 5.92 Å². The molecule has 0 spiro atoms. The Morgan fingerprint density at radius 2 is 2.29 bits per heavy atom. The minimum atomic E-state index is 0.685. The second kappa shape index (κ2) is 1.42. The molecule has 0 heterocycles. The lowest BCUT2D eigenvalue weighted by atomic mass is 10.2. The molecule has 0 aromatic rings. The second-order valence-corrected chi connectivity index (χ2v) is 1.94. The quantitative estimate of drug-likeness (QED) is 0.431. The molecule has 0 unspecified atom stereocenters.